The SMILES string of the molecule is CCC(=O)CCCCCC(C(=O)NCC(=O)c1cc2ccccc2nc1OC)N(C(=O)O)C(C)(C)C. The molecule has 1 unspecified atom stereocenters. The van der Waals surface area contributed by atoms with Gasteiger partial charge in [-0.1, -0.05) is 38.0 Å². The van der Waals surface area contributed by atoms with Gasteiger partial charge in [0.25, 0.3) is 0 Å². The molecule has 0 bridgehead atoms. The predicted octanol–water partition coefficient (Wildman–Crippen LogP) is 4.62. The van der Waals surface area contributed by atoms with Crippen LogP contribution in [0.2, 0.25) is 0 Å². The first kappa shape index (κ1) is 28.7. The fourth-order valence-electron chi connectivity index (χ4n) is 4.11. The number of ketones is 2. The molecule has 2 aromatic rings. The van der Waals surface area contributed by atoms with E-state index in [2.05, 4.69) is 10.3 Å². The van der Waals surface area contributed by atoms with Crippen LogP contribution in [0, 0.1) is 0 Å². The molecule has 0 aliphatic carbocycles. The van der Waals surface area contributed by atoms with Gasteiger partial charge in [0.05, 0.1) is 24.7 Å². The van der Waals surface area contributed by atoms with Gasteiger partial charge in [-0.05, 0) is 45.7 Å². The molecule has 0 spiro atoms. The Hall–Kier alpha value is -3.49. The van der Waals surface area contributed by atoms with Crippen LogP contribution in [0.3, 0.4) is 0 Å². The maximum absolute atomic E-state index is 13.2. The number of unbranched alkanes of at least 4 members (excludes halogenated alkanes) is 2. The molecule has 1 aromatic carbocycles. The number of rotatable bonds is 13. The zero-order valence-corrected chi connectivity index (χ0v) is 21.8. The number of aromatic nitrogens is 1. The fraction of sp³-hybridized carbons (Fsp3) is 0.519. The van der Waals surface area contributed by atoms with Gasteiger partial charge < -0.3 is 15.2 Å². The van der Waals surface area contributed by atoms with Crippen molar-refractivity contribution in [3.05, 3.63) is 35.9 Å². The van der Waals surface area contributed by atoms with E-state index >= 15 is 0 Å². The van der Waals surface area contributed by atoms with E-state index in [-0.39, 0.29) is 30.2 Å². The number of methoxy groups -OCH3 is 1. The van der Waals surface area contributed by atoms with E-state index in [1.165, 1.54) is 7.11 Å². The highest BCUT2D eigenvalue weighted by atomic mass is 16.5. The molecule has 0 saturated carbocycles. The first-order valence-corrected chi connectivity index (χ1v) is 12.3. The molecular weight excluding hydrogens is 462 g/mol. The van der Waals surface area contributed by atoms with Crippen molar-refractivity contribution >= 4 is 34.5 Å². The molecule has 2 amide bonds. The van der Waals surface area contributed by atoms with E-state index in [0.717, 1.165) is 10.3 Å². The van der Waals surface area contributed by atoms with Crippen LogP contribution in [0.1, 0.15) is 76.6 Å². The standard InChI is InChI=1S/C27H37N3O6/c1-6-19(31)13-8-7-9-15-22(30(26(34)35)27(2,3)4)24(33)28-17-23(32)20-16-18-12-10-11-14-21(18)29-25(20)36-5/h10-12,14,16,22H,6-9,13,15,17H2,1-5H3,(H,28,33)(H,34,35). The molecule has 9 nitrogen and oxygen atoms in total. The molecule has 0 saturated heterocycles. The number of nitrogens with one attached hydrogen (secondary N) is 1. The second-order valence-corrected chi connectivity index (χ2v) is 9.71. The van der Waals surface area contributed by atoms with Crippen molar-refractivity contribution in [1.29, 1.82) is 0 Å². The molecule has 0 fully saturated rings. The molecule has 0 radical (unpaired) electrons. The number of carbonyl (C=O) groups is 4. The quantitative estimate of drug-likeness (QED) is 0.304. The number of Topliss-reactive ketones (excluding diaryl/α,β-unsaturated/α-hetero) is 2. The number of pyridine rings is 1. The maximum Gasteiger partial charge on any atom is 0.408 e. The van der Waals surface area contributed by atoms with Crippen molar-refractivity contribution in [3.63, 3.8) is 0 Å². The lowest BCUT2D eigenvalue weighted by Gasteiger charge is -2.38. The number of para-hydroxylation sites is 1. The predicted molar refractivity (Wildman–Crippen MR) is 137 cm³/mol. The van der Waals surface area contributed by atoms with E-state index < -0.39 is 29.4 Å². The zero-order chi connectivity index (χ0) is 26.9. The minimum atomic E-state index is -1.21. The number of fused-ring (bicyclic) bond motifs is 1. The van der Waals surface area contributed by atoms with Gasteiger partial charge in [-0.25, -0.2) is 9.78 Å². The lowest BCUT2D eigenvalue weighted by atomic mass is 9.98. The van der Waals surface area contributed by atoms with Crippen molar-refractivity contribution in [2.75, 3.05) is 13.7 Å². The average Bonchev–Trinajstić information content (AvgIpc) is 2.83. The van der Waals surface area contributed by atoms with Crippen LogP contribution in [0.4, 0.5) is 4.79 Å². The first-order chi connectivity index (χ1) is 17.0. The lowest BCUT2D eigenvalue weighted by Crippen LogP contribution is -2.57. The Balaban J connectivity index is 2.15. The molecule has 0 aliphatic heterocycles. The number of hydrogen-bond acceptors (Lipinski definition) is 6. The first-order valence-electron chi connectivity index (χ1n) is 12.3. The molecule has 196 valence electrons. The van der Waals surface area contributed by atoms with Crippen LogP contribution in [-0.4, -0.2) is 63.8 Å². The van der Waals surface area contributed by atoms with Crippen LogP contribution in [0.25, 0.3) is 10.9 Å². The summed E-state index contributed by atoms with van der Waals surface area (Å²) in [5.41, 5.74) is 0.0825. The highest BCUT2D eigenvalue weighted by Crippen LogP contribution is 2.24. The van der Waals surface area contributed by atoms with Gasteiger partial charge >= 0.3 is 6.09 Å². The Morgan fingerprint density at radius 1 is 1.11 bits per heavy atom. The number of nitrogens with zero attached hydrogens (tertiary/aromatic N) is 2. The summed E-state index contributed by atoms with van der Waals surface area (Å²) in [6.45, 7) is 6.66. The second-order valence-electron chi connectivity index (χ2n) is 9.71. The van der Waals surface area contributed by atoms with E-state index in [1.807, 2.05) is 31.2 Å². The molecule has 2 rings (SSSR count). The van der Waals surface area contributed by atoms with E-state index in [0.29, 0.717) is 37.6 Å². The van der Waals surface area contributed by atoms with Gasteiger partial charge in [0.2, 0.25) is 11.8 Å². The third-order valence-corrected chi connectivity index (χ3v) is 5.98. The zero-order valence-electron chi connectivity index (χ0n) is 21.8. The molecule has 1 atom stereocenters. The van der Waals surface area contributed by atoms with E-state index in [1.54, 1.807) is 26.8 Å². The summed E-state index contributed by atoms with van der Waals surface area (Å²) in [4.78, 5) is 55.3. The molecule has 9 heteroatoms. The topological polar surface area (TPSA) is 126 Å². The van der Waals surface area contributed by atoms with Crippen molar-refractivity contribution in [3.8, 4) is 5.88 Å². The largest absolute Gasteiger partial charge is 0.480 e. The van der Waals surface area contributed by atoms with Gasteiger partial charge in [0, 0.05) is 23.8 Å². The summed E-state index contributed by atoms with van der Waals surface area (Å²) in [6.07, 6.45) is 2.01. The molecule has 1 heterocycles. The molecule has 1 aromatic heterocycles. The van der Waals surface area contributed by atoms with Crippen LogP contribution in [0.15, 0.2) is 30.3 Å². The number of carbonyl (C=O) groups excluding carboxylic acids is 3. The summed E-state index contributed by atoms with van der Waals surface area (Å²) in [5, 5.41) is 13.3. The Bertz CT molecular complexity index is 1090. The van der Waals surface area contributed by atoms with Crippen LogP contribution >= 0.6 is 0 Å². The monoisotopic (exact) mass is 499 g/mol. The van der Waals surface area contributed by atoms with Gasteiger partial charge in [-0.2, -0.15) is 0 Å². The van der Waals surface area contributed by atoms with Gasteiger partial charge in [0.15, 0.2) is 5.78 Å². The Morgan fingerprint density at radius 2 is 1.81 bits per heavy atom. The van der Waals surface area contributed by atoms with Gasteiger partial charge in [-0.15, -0.1) is 0 Å². The minimum absolute atomic E-state index is 0.160. The van der Waals surface area contributed by atoms with Crippen LogP contribution < -0.4 is 10.1 Å². The van der Waals surface area contributed by atoms with Gasteiger partial charge in [-0.3, -0.25) is 19.3 Å². The number of amides is 2. The minimum Gasteiger partial charge on any atom is -0.480 e. The third kappa shape index (κ3) is 7.76. The third-order valence-electron chi connectivity index (χ3n) is 5.98. The highest BCUT2D eigenvalue weighted by molar-refractivity contribution is 6.04. The van der Waals surface area contributed by atoms with E-state index in [9.17, 15) is 24.3 Å². The van der Waals surface area contributed by atoms with Crippen molar-refractivity contribution in [1.82, 2.24) is 15.2 Å². The molecule has 36 heavy (non-hydrogen) atoms. The van der Waals surface area contributed by atoms with Crippen molar-refractivity contribution in [2.45, 2.75) is 77.8 Å². The normalized spacial score (nSPS) is 12.1. The van der Waals surface area contributed by atoms with E-state index in [4.69, 9.17) is 4.74 Å². The van der Waals surface area contributed by atoms with Crippen LogP contribution in [-0.2, 0) is 9.59 Å². The van der Waals surface area contributed by atoms with Crippen molar-refractivity contribution in [2.24, 2.45) is 0 Å². The Morgan fingerprint density at radius 3 is 2.42 bits per heavy atom. The Kier molecular flexibility index (Phi) is 10.4. The second kappa shape index (κ2) is 13.0. The Labute approximate surface area is 212 Å². The van der Waals surface area contributed by atoms with Crippen molar-refractivity contribution < 1.29 is 29.0 Å². The number of ether oxygens (including phenoxy) is 1. The lowest BCUT2D eigenvalue weighted by molar-refractivity contribution is -0.127. The maximum atomic E-state index is 13.2. The number of carboxylic acid groups (broad SMARTS) is 1. The summed E-state index contributed by atoms with van der Waals surface area (Å²) in [7, 11) is 1.42. The van der Waals surface area contributed by atoms with Crippen LogP contribution in [0.5, 0.6) is 5.88 Å². The molecule has 2 N–H and O–H groups in total. The highest BCUT2D eigenvalue weighted by Gasteiger charge is 2.37. The smallest absolute Gasteiger partial charge is 0.408 e. The molecule has 0 aliphatic rings. The summed E-state index contributed by atoms with van der Waals surface area (Å²) < 4.78 is 5.29. The summed E-state index contributed by atoms with van der Waals surface area (Å²) in [5.74, 6) is -0.595. The summed E-state index contributed by atoms with van der Waals surface area (Å²) in [6, 6.07) is 8.00. The van der Waals surface area contributed by atoms with Gasteiger partial charge in [0.1, 0.15) is 11.8 Å². The molecular formula is C27H37N3O6. The number of benzene rings is 1. The summed E-state index contributed by atoms with van der Waals surface area (Å²) >= 11 is 0. The fourth-order valence-corrected chi connectivity index (χ4v) is 4.11. The number of hydrogen-bond donors (Lipinski definition) is 2. The average molecular weight is 500 g/mol.